The molecule has 1 unspecified atom stereocenters. The molecule has 2 amide bonds. The van der Waals surface area contributed by atoms with Gasteiger partial charge in [-0.25, -0.2) is 0 Å². The summed E-state index contributed by atoms with van der Waals surface area (Å²) < 4.78 is 5.34. The molecule has 0 fully saturated rings. The smallest absolute Gasteiger partial charge is 0.249 e. The number of carbonyl (C=O) groups is 2. The van der Waals surface area contributed by atoms with Gasteiger partial charge in [-0.15, -0.1) is 23.1 Å². The van der Waals surface area contributed by atoms with E-state index in [4.69, 9.17) is 4.52 Å². The molecule has 0 aliphatic carbocycles. The van der Waals surface area contributed by atoms with E-state index in [1.807, 2.05) is 47.8 Å². The van der Waals surface area contributed by atoms with Crippen LogP contribution >= 0.6 is 23.1 Å². The van der Waals surface area contributed by atoms with Crippen LogP contribution in [-0.4, -0.2) is 35.3 Å². The second-order valence-corrected chi connectivity index (χ2v) is 8.74. The first-order valence-corrected chi connectivity index (χ1v) is 11.4. The number of nitrogens with one attached hydrogen (secondary N) is 1. The van der Waals surface area contributed by atoms with Crippen molar-refractivity contribution < 1.29 is 14.1 Å². The Bertz CT molecular complexity index is 1000. The molecule has 1 aliphatic rings. The zero-order valence-electron chi connectivity index (χ0n) is 16.0. The van der Waals surface area contributed by atoms with Crippen molar-refractivity contribution in [2.75, 3.05) is 17.2 Å². The van der Waals surface area contributed by atoms with E-state index in [0.29, 0.717) is 12.3 Å². The molecule has 0 bridgehead atoms. The minimum Gasteiger partial charge on any atom is -0.355 e. The summed E-state index contributed by atoms with van der Waals surface area (Å²) in [7, 11) is 0. The topological polar surface area (TPSA) is 75.4 Å². The molecule has 1 aromatic carbocycles. The number of rotatable bonds is 7. The molecule has 1 atom stereocenters. The highest BCUT2D eigenvalue weighted by Gasteiger charge is 2.28. The summed E-state index contributed by atoms with van der Waals surface area (Å²) in [6.45, 7) is 2.39. The quantitative estimate of drug-likeness (QED) is 0.622. The van der Waals surface area contributed by atoms with E-state index in [0.717, 1.165) is 28.4 Å². The molecule has 0 saturated heterocycles. The van der Waals surface area contributed by atoms with Gasteiger partial charge in [0.25, 0.3) is 0 Å². The molecule has 8 heteroatoms. The van der Waals surface area contributed by atoms with Crippen LogP contribution in [0.15, 0.2) is 52.4 Å². The van der Waals surface area contributed by atoms with Gasteiger partial charge in [-0.2, -0.15) is 0 Å². The molecule has 0 saturated carbocycles. The highest BCUT2D eigenvalue weighted by molar-refractivity contribution is 7.99. The summed E-state index contributed by atoms with van der Waals surface area (Å²) in [5.74, 6) is 1.33. The third-order valence-electron chi connectivity index (χ3n) is 4.71. The number of benzene rings is 1. The van der Waals surface area contributed by atoms with Gasteiger partial charge in [0, 0.05) is 24.1 Å². The van der Waals surface area contributed by atoms with Crippen LogP contribution in [0.1, 0.15) is 18.2 Å². The lowest BCUT2D eigenvalue weighted by Crippen LogP contribution is -2.47. The van der Waals surface area contributed by atoms with Gasteiger partial charge in [0.05, 0.1) is 16.3 Å². The molecule has 1 N–H and O–H groups in total. The number of thiophene rings is 1. The highest BCUT2D eigenvalue weighted by atomic mass is 32.2. The Morgan fingerprint density at radius 2 is 2.17 bits per heavy atom. The number of carbonyl (C=O) groups excluding carboxylic acids is 2. The molecule has 150 valence electrons. The molecule has 3 heterocycles. The highest BCUT2D eigenvalue weighted by Crippen LogP contribution is 2.28. The number of anilines is 1. The molecular formula is C21H21N3O3S2. The number of thioether (sulfide) groups is 1. The fourth-order valence-corrected chi connectivity index (χ4v) is 4.70. The van der Waals surface area contributed by atoms with Gasteiger partial charge in [-0.3, -0.25) is 9.59 Å². The second kappa shape index (κ2) is 8.84. The van der Waals surface area contributed by atoms with Gasteiger partial charge in [-0.1, -0.05) is 29.4 Å². The number of amides is 2. The van der Waals surface area contributed by atoms with Crippen LogP contribution in [0.25, 0.3) is 10.6 Å². The third-order valence-corrected chi connectivity index (χ3v) is 6.56. The Balaban J connectivity index is 1.24. The van der Waals surface area contributed by atoms with Gasteiger partial charge >= 0.3 is 0 Å². The van der Waals surface area contributed by atoms with E-state index < -0.39 is 6.04 Å². The molecule has 3 aromatic rings. The molecule has 0 spiro atoms. The Morgan fingerprint density at radius 1 is 1.31 bits per heavy atom. The minimum absolute atomic E-state index is 0.0783. The molecule has 29 heavy (non-hydrogen) atoms. The number of fused-ring (bicyclic) bond motifs is 1. The number of nitrogens with zero attached hydrogens (tertiary/aromatic N) is 2. The van der Waals surface area contributed by atoms with Crippen molar-refractivity contribution in [1.82, 2.24) is 10.5 Å². The van der Waals surface area contributed by atoms with E-state index in [1.165, 1.54) is 17.3 Å². The Kier molecular flexibility index (Phi) is 6.01. The molecule has 1 aliphatic heterocycles. The molecule has 6 nitrogen and oxygen atoms in total. The van der Waals surface area contributed by atoms with Crippen molar-refractivity contribution in [3.63, 3.8) is 0 Å². The molecule has 0 radical (unpaired) electrons. The van der Waals surface area contributed by atoms with Crippen LogP contribution in [0.3, 0.4) is 0 Å². The van der Waals surface area contributed by atoms with Gasteiger partial charge in [0.15, 0.2) is 5.76 Å². The minimum atomic E-state index is -0.563. The molecular weight excluding hydrogens is 406 g/mol. The predicted octanol–water partition coefficient (Wildman–Crippen LogP) is 3.73. The maximum atomic E-state index is 12.7. The number of hydrogen-bond donors (Lipinski definition) is 1. The maximum absolute atomic E-state index is 12.7. The first kappa shape index (κ1) is 19.7. The summed E-state index contributed by atoms with van der Waals surface area (Å²) in [4.78, 5) is 27.8. The fraction of sp³-hybridized carbons (Fsp3) is 0.286. The lowest BCUT2D eigenvalue weighted by atomic mass is 10.2. The van der Waals surface area contributed by atoms with Crippen LogP contribution in [0, 0.1) is 0 Å². The van der Waals surface area contributed by atoms with Crippen molar-refractivity contribution in [2.45, 2.75) is 25.1 Å². The Morgan fingerprint density at radius 3 is 3.00 bits per heavy atom. The van der Waals surface area contributed by atoms with Gasteiger partial charge in [0.1, 0.15) is 6.04 Å². The van der Waals surface area contributed by atoms with Crippen molar-refractivity contribution in [3.8, 4) is 10.6 Å². The lowest BCUT2D eigenvalue weighted by Gasteiger charge is -2.22. The van der Waals surface area contributed by atoms with Crippen molar-refractivity contribution in [2.24, 2.45) is 0 Å². The van der Waals surface area contributed by atoms with Gasteiger partial charge in [0.2, 0.25) is 11.8 Å². The van der Waals surface area contributed by atoms with E-state index in [2.05, 4.69) is 10.5 Å². The number of aromatic nitrogens is 1. The van der Waals surface area contributed by atoms with Crippen LogP contribution in [0.4, 0.5) is 5.69 Å². The van der Waals surface area contributed by atoms with Crippen LogP contribution in [-0.2, 0) is 21.8 Å². The summed E-state index contributed by atoms with van der Waals surface area (Å²) in [5.41, 5.74) is 2.91. The summed E-state index contributed by atoms with van der Waals surface area (Å²) in [6.07, 6.45) is 0.851. The summed E-state index contributed by atoms with van der Waals surface area (Å²) in [6, 6.07) is 13.2. The van der Waals surface area contributed by atoms with E-state index in [9.17, 15) is 9.59 Å². The normalized spacial score (nSPS) is 13.9. The van der Waals surface area contributed by atoms with E-state index in [-0.39, 0.29) is 17.6 Å². The number of hydrogen-bond acceptors (Lipinski definition) is 6. The second-order valence-electron chi connectivity index (χ2n) is 6.81. The summed E-state index contributed by atoms with van der Waals surface area (Å²) >= 11 is 3.04. The van der Waals surface area contributed by atoms with Crippen LogP contribution < -0.4 is 10.2 Å². The molecule has 4 rings (SSSR count). The van der Waals surface area contributed by atoms with Gasteiger partial charge < -0.3 is 14.7 Å². The van der Waals surface area contributed by atoms with Crippen molar-refractivity contribution in [3.05, 3.63) is 59.1 Å². The first-order valence-electron chi connectivity index (χ1n) is 9.37. The number of para-hydroxylation sites is 1. The largest absolute Gasteiger partial charge is 0.355 e. The van der Waals surface area contributed by atoms with Gasteiger partial charge in [-0.05, 0) is 36.4 Å². The standard InChI is InChI=1S/C21H21N3O3S2/c1-14(21(26)24-9-8-15-5-2-3-6-17(15)24)22-20(25)13-28-12-16-11-18(27-23-16)19-7-4-10-29-19/h2-7,10-11,14H,8-9,12-13H2,1H3,(H,22,25). The first-order chi connectivity index (χ1) is 14.1. The average molecular weight is 428 g/mol. The fourth-order valence-electron chi connectivity index (χ4n) is 3.31. The lowest BCUT2D eigenvalue weighted by molar-refractivity contribution is -0.125. The van der Waals surface area contributed by atoms with Crippen LogP contribution in [0.2, 0.25) is 0 Å². The Labute approximate surface area is 177 Å². The van der Waals surface area contributed by atoms with E-state index >= 15 is 0 Å². The monoisotopic (exact) mass is 427 g/mol. The van der Waals surface area contributed by atoms with Crippen LogP contribution in [0.5, 0.6) is 0 Å². The van der Waals surface area contributed by atoms with Crippen molar-refractivity contribution in [1.29, 1.82) is 0 Å². The van der Waals surface area contributed by atoms with Crippen molar-refractivity contribution >= 4 is 40.6 Å². The zero-order chi connectivity index (χ0) is 20.2. The zero-order valence-corrected chi connectivity index (χ0v) is 17.6. The summed E-state index contributed by atoms with van der Waals surface area (Å²) in [5, 5.41) is 8.84. The Hall–Kier alpha value is -2.58. The maximum Gasteiger partial charge on any atom is 0.249 e. The predicted molar refractivity (Wildman–Crippen MR) is 116 cm³/mol. The molecule has 2 aromatic heterocycles. The van der Waals surface area contributed by atoms with E-state index in [1.54, 1.807) is 23.2 Å². The third kappa shape index (κ3) is 4.54. The SMILES string of the molecule is CC(NC(=O)CSCc1cc(-c2cccs2)on1)C(=O)N1CCc2ccccc21. The average Bonchev–Trinajstić information content (AvgIpc) is 3.47.